The fourth-order valence-electron chi connectivity index (χ4n) is 6.11. The van der Waals surface area contributed by atoms with E-state index in [1.807, 2.05) is 29.2 Å². The van der Waals surface area contributed by atoms with Crippen LogP contribution in [0.15, 0.2) is 77.9 Å². The van der Waals surface area contributed by atoms with Crippen molar-refractivity contribution in [2.24, 2.45) is 0 Å². The number of nitrogens with one attached hydrogen (secondary N) is 1. The van der Waals surface area contributed by atoms with E-state index in [1.165, 1.54) is 35.4 Å². The molecule has 2 aliphatic heterocycles. The molecule has 3 heterocycles. The maximum atomic E-state index is 13.1. The molecule has 41 heavy (non-hydrogen) atoms. The normalized spacial score (nSPS) is 18.6. The Hall–Kier alpha value is -3.49. The van der Waals surface area contributed by atoms with E-state index in [2.05, 4.69) is 58.5 Å². The summed E-state index contributed by atoms with van der Waals surface area (Å²) in [5.41, 5.74) is 1.17. The summed E-state index contributed by atoms with van der Waals surface area (Å²) in [6, 6.07) is 22.1. The quantitative estimate of drug-likeness (QED) is 0.372. The number of nitrogens with zero attached hydrogens (tertiary/aromatic N) is 4. The minimum absolute atomic E-state index is 0.108. The van der Waals surface area contributed by atoms with Crippen LogP contribution < -0.4 is 10.9 Å². The smallest absolute Gasteiger partial charge is 0.255 e. The number of likely N-dealkylation sites (tertiary alicyclic amines) is 2. The van der Waals surface area contributed by atoms with Gasteiger partial charge in [-0.15, -0.1) is 0 Å². The summed E-state index contributed by atoms with van der Waals surface area (Å²) in [7, 11) is 0. The molecule has 0 saturated carbocycles. The van der Waals surface area contributed by atoms with Gasteiger partial charge in [-0.25, -0.2) is 4.98 Å². The van der Waals surface area contributed by atoms with E-state index >= 15 is 0 Å². The van der Waals surface area contributed by atoms with Gasteiger partial charge in [-0.3, -0.25) is 14.2 Å². The van der Waals surface area contributed by atoms with Crippen LogP contribution in [0.25, 0.3) is 0 Å². The minimum Gasteiger partial charge on any atom is -0.388 e. The molecule has 0 bridgehead atoms. The summed E-state index contributed by atoms with van der Waals surface area (Å²) < 4.78 is 1.49. The number of aromatic nitrogens is 2. The van der Waals surface area contributed by atoms with E-state index < -0.39 is 5.60 Å². The Morgan fingerprint density at radius 3 is 2.32 bits per heavy atom. The van der Waals surface area contributed by atoms with Gasteiger partial charge < -0.3 is 20.2 Å². The third-order valence-electron chi connectivity index (χ3n) is 8.59. The van der Waals surface area contributed by atoms with Gasteiger partial charge in [0.25, 0.3) is 5.56 Å². The van der Waals surface area contributed by atoms with Crippen molar-refractivity contribution < 1.29 is 9.90 Å². The fourth-order valence-corrected chi connectivity index (χ4v) is 6.11. The van der Waals surface area contributed by atoms with Crippen LogP contribution in [0.3, 0.4) is 0 Å². The van der Waals surface area contributed by atoms with Crippen LogP contribution in [0, 0.1) is 0 Å². The highest BCUT2D eigenvalue weighted by Crippen LogP contribution is 2.26. The van der Waals surface area contributed by atoms with Gasteiger partial charge in [-0.2, -0.15) is 0 Å². The van der Waals surface area contributed by atoms with Crippen LogP contribution in [0.1, 0.15) is 56.1 Å². The van der Waals surface area contributed by atoms with E-state index in [1.54, 1.807) is 0 Å². The number of rotatable bonds is 11. The zero-order valence-electron chi connectivity index (χ0n) is 24.1. The van der Waals surface area contributed by atoms with Gasteiger partial charge >= 0.3 is 0 Å². The molecule has 3 aromatic rings. The van der Waals surface area contributed by atoms with Crippen LogP contribution in [0.2, 0.25) is 0 Å². The number of benzene rings is 2. The Morgan fingerprint density at radius 1 is 1.00 bits per heavy atom. The lowest BCUT2D eigenvalue weighted by Gasteiger charge is -2.38. The maximum Gasteiger partial charge on any atom is 0.255 e. The summed E-state index contributed by atoms with van der Waals surface area (Å²) in [4.78, 5) is 34.9. The van der Waals surface area contributed by atoms with Gasteiger partial charge in [-0.05, 0) is 62.2 Å². The molecule has 2 atom stereocenters. The molecule has 2 fully saturated rings. The Labute approximate surface area is 243 Å². The van der Waals surface area contributed by atoms with E-state index in [9.17, 15) is 14.7 Å². The van der Waals surface area contributed by atoms with Crippen molar-refractivity contribution in [2.45, 2.75) is 69.6 Å². The van der Waals surface area contributed by atoms with Gasteiger partial charge in [0.05, 0.1) is 18.5 Å². The van der Waals surface area contributed by atoms with Gasteiger partial charge in [0.2, 0.25) is 5.91 Å². The number of anilines is 1. The second kappa shape index (κ2) is 13.4. The first-order chi connectivity index (χ1) is 19.9. The average molecular weight is 558 g/mol. The summed E-state index contributed by atoms with van der Waals surface area (Å²) in [5, 5.41) is 14.8. The predicted molar refractivity (Wildman–Crippen MR) is 162 cm³/mol. The summed E-state index contributed by atoms with van der Waals surface area (Å²) in [5.74, 6) is 0.812. The first kappa shape index (κ1) is 29.0. The molecule has 1 amide bonds. The molecule has 8 heteroatoms. The predicted octanol–water partition coefficient (Wildman–Crippen LogP) is 3.91. The summed E-state index contributed by atoms with van der Waals surface area (Å²) in [6.45, 7) is 6.32. The fraction of sp³-hybridized carbons (Fsp3) is 0.485. The highest BCUT2D eigenvalue weighted by Gasteiger charge is 2.35. The molecule has 0 aliphatic carbocycles. The molecule has 2 aromatic carbocycles. The molecule has 218 valence electrons. The topological polar surface area (TPSA) is 90.7 Å². The van der Waals surface area contributed by atoms with E-state index in [4.69, 9.17) is 0 Å². The molecule has 0 unspecified atom stereocenters. The van der Waals surface area contributed by atoms with Gasteiger partial charge in [0.1, 0.15) is 5.82 Å². The van der Waals surface area contributed by atoms with Crippen LogP contribution in [0.4, 0.5) is 5.82 Å². The molecule has 2 aliphatic rings. The number of hydrogen-bond donors (Lipinski definition) is 2. The van der Waals surface area contributed by atoms with Crippen molar-refractivity contribution in [3.8, 4) is 0 Å². The molecule has 5 rings (SSSR count). The van der Waals surface area contributed by atoms with Crippen LogP contribution >= 0.6 is 0 Å². The second-order valence-corrected chi connectivity index (χ2v) is 11.9. The molecule has 1 aromatic heterocycles. The summed E-state index contributed by atoms with van der Waals surface area (Å²) in [6.07, 6.45) is 6.16. The van der Waals surface area contributed by atoms with E-state index in [0.29, 0.717) is 38.2 Å². The molecule has 0 spiro atoms. The standard InChI is InChI=1S/C33H43N5O3/c1-26(28-12-6-3-7-13-28)20-31(39)37-18-14-33(41,15-19-37)24-38-25-34-30(22-32(38)40)35-29(23-36-16-8-9-17-36)21-27-10-4-2-5-11-27/h2-7,10-13,22,25-26,29,35,41H,8-9,14-21,23-24H2,1H3/t26-,29+/m1/s1. The first-order valence-corrected chi connectivity index (χ1v) is 15.0. The first-order valence-electron chi connectivity index (χ1n) is 15.0. The molecule has 2 saturated heterocycles. The van der Waals surface area contributed by atoms with Crippen molar-refractivity contribution in [1.29, 1.82) is 0 Å². The van der Waals surface area contributed by atoms with Crippen LogP contribution in [-0.2, 0) is 17.8 Å². The Kier molecular flexibility index (Phi) is 9.52. The van der Waals surface area contributed by atoms with Crippen LogP contribution in [0.5, 0.6) is 0 Å². The van der Waals surface area contributed by atoms with Crippen molar-refractivity contribution in [1.82, 2.24) is 19.4 Å². The van der Waals surface area contributed by atoms with Crippen LogP contribution in [-0.4, -0.2) is 74.7 Å². The minimum atomic E-state index is -1.05. The lowest BCUT2D eigenvalue weighted by Crippen LogP contribution is -2.49. The number of carbonyl (C=O) groups is 1. The molecule has 8 nitrogen and oxygen atoms in total. The van der Waals surface area contributed by atoms with E-state index in [0.717, 1.165) is 31.6 Å². The summed E-state index contributed by atoms with van der Waals surface area (Å²) >= 11 is 0. The number of carbonyl (C=O) groups excluding carboxylic acids is 1. The van der Waals surface area contributed by atoms with Crippen molar-refractivity contribution >= 4 is 11.7 Å². The highest BCUT2D eigenvalue weighted by molar-refractivity contribution is 5.77. The molecule has 2 N–H and O–H groups in total. The second-order valence-electron chi connectivity index (χ2n) is 11.9. The number of amides is 1. The number of hydrogen-bond acceptors (Lipinski definition) is 6. The Morgan fingerprint density at radius 2 is 1.66 bits per heavy atom. The molecule has 0 radical (unpaired) electrons. The Balaban J connectivity index is 1.16. The third kappa shape index (κ3) is 8.05. The Bertz CT molecular complexity index is 1320. The average Bonchev–Trinajstić information content (AvgIpc) is 3.49. The monoisotopic (exact) mass is 557 g/mol. The SMILES string of the molecule is C[C@H](CC(=O)N1CCC(O)(Cn2cnc(N[C@@H](Cc3ccccc3)CN3CCCC3)cc2=O)CC1)c1ccccc1. The number of aliphatic hydroxyl groups is 1. The molecular weight excluding hydrogens is 514 g/mol. The highest BCUT2D eigenvalue weighted by atomic mass is 16.3. The maximum absolute atomic E-state index is 13.1. The van der Waals surface area contributed by atoms with Gasteiger partial charge in [0.15, 0.2) is 0 Å². The zero-order chi connectivity index (χ0) is 28.7. The third-order valence-corrected chi connectivity index (χ3v) is 8.59. The van der Waals surface area contributed by atoms with Crippen molar-refractivity contribution in [2.75, 3.05) is 38.0 Å². The zero-order valence-corrected chi connectivity index (χ0v) is 24.1. The van der Waals surface area contributed by atoms with Crippen molar-refractivity contribution in [3.63, 3.8) is 0 Å². The van der Waals surface area contributed by atoms with Crippen molar-refractivity contribution in [3.05, 3.63) is 94.5 Å². The van der Waals surface area contributed by atoms with E-state index in [-0.39, 0.29) is 30.0 Å². The van der Waals surface area contributed by atoms with Gasteiger partial charge in [-0.1, -0.05) is 67.6 Å². The molecular formula is C33H43N5O3. The van der Waals surface area contributed by atoms with Gasteiger partial charge in [0, 0.05) is 38.2 Å². The largest absolute Gasteiger partial charge is 0.388 e. The lowest BCUT2D eigenvalue weighted by atomic mass is 9.90. The lowest BCUT2D eigenvalue weighted by molar-refractivity contribution is -0.136. The number of piperidine rings is 1.